The molecule has 1 rings (SSSR count). The largest absolute Gasteiger partial charge is 0.480 e. The molecule has 0 amide bonds. The number of pyridine rings is 1. The molecule has 0 radical (unpaired) electrons. The second-order valence-corrected chi connectivity index (χ2v) is 2.60. The van der Waals surface area contributed by atoms with Crippen molar-refractivity contribution in [2.75, 3.05) is 0 Å². The van der Waals surface area contributed by atoms with Gasteiger partial charge in [-0.25, -0.2) is 9.78 Å². The summed E-state index contributed by atoms with van der Waals surface area (Å²) < 4.78 is 0. The molecule has 6 nitrogen and oxygen atoms in total. The quantitative estimate of drug-likeness (QED) is 0.620. The molecule has 0 aromatic carbocycles. The fourth-order valence-electron chi connectivity index (χ4n) is 0.900. The first-order valence-electron chi connectivity index (χ1n) is 3.70. The first kappa shape index (κ1) is 10.1. The van der Waals surface area contributed by atoms with Crippen LogP contribution in [0, 0.1) is 0 Å². The second-order valence-electron chi connectivity index (χ2n) is 2.60. The van der Waals surface area contributed by atoms with Crippen molar-refractivity contribution in [1.29, 1.82) is 0 Å². The van der Waals surface area contributed by atoms with Crippen LogP contribution in [0.15, 0.2) is 18.3 Å². The molecule has 0 saturated heterocycles. The van der Waals surface area contributed by atoms with E-state index in [9.17, 15) is 9.59 Å². The zero-order valence-corrected chi connectivity index (χ0v) is 7.04. The van der Waals surface area contributed by atoms with Crippen LogP contribution in [-0.4, -0.2) is 27.1 Å². The van der Waals surface area contributed by atoms with Crippen molar-refractivity contribution < 1.29 is 19.8 Å². The van der Waals surface area contributed by atoms with Gasteiger partial charge < -0.3 is 15.9 Å². The summed E-state index contributed by atoms with van der Waals surface area (Å²) in [5.41, 5.74) is 5.28. The first-order chi connectivity index (χ1) is 6.52. The molecule has 6 heteroatoms. The Balaban J connectivity index is 3.05. The minimum atomic E-state index is -1.23. The average molecular weight is 196 g/mol. The maximum Gasteiger partial charge on any atom is 0.354 e. The molecular formula is C8H8N2O4. The molecule has 1 heterocycles. The summed E-state index contributed by atoms with van der Waals surface area (Å²) in [5, 5.41) is 17.2. The van der Waals surface area contributed by atoms with Crippen molar-refractivity contribution in [3.05, 3.63) is 29.6 Å². The van der Waals surface area contributed by atoms with Crippen LogP contribution in [0.25, 0.3) is 0 Å². The molecular weight excluding hydrogens is 188 g/mol. The molecule has 0 bridgehead atoms. The Morgan fingerprint density at radius 1 is 1.43 bits per heavy atom. The predicted octanol–water partition coefficient (Wildman–Crippen LogP) is -0.136. The number of carbonyl (C=O) groups is 2. The van der Waals surface area contributed by atoms with Crippen LogP contribution in [0.5, 0.6) is 0 Å². The lowest BCUT2D eigenvalue weighted by Crippen LogP contribution is -2.21. The standard InChI is InChI=1S/C8H8N2O4/c9-6(8(13)14)4-1-2-10-5(3-4)7(11)12/h1-3,6H,9H2,(H,11,12)(H,13,14). The molecule has 0 aliphatic carbocycles. The van der Waals surface area contributed by atoms with Gasteiger partial charge in [0.2, 0.25) is 0 Å². The number of hydrogen-bond donors (Lipinski definition) is 3. The molecule has 1 atom stereocenters. The van der Waals surface area contributed by atoms with Crippen molar-refractivity contribution >= 4 is 11.9 Å². The van der Waals surface area contributed by atoms with E-state index in [1.54, 1.807) is 0 Å². The highest BCUT2D eigenvalue weighted by molar-refractivity contribution is 5.86. The van der Waals surface area contributed by atoms with Crippen LogP contribution in [0.3, 0.4) is 0 Å². The zero-order chi connectivity index (χ0) is 10.7. The lowest BCUT2D eigenvalue weighted by atomic mass is 10.1. The van der Waals surface area contributed by atoms with Gasteiger partial charge in [0, 0.05) is 6.20 Å². The second kappa shape index (κ2) is 3.84. The van der Waals surface area contributed by atoms with Gasteiger partial charge in [0.05, 0.1) is 0 Å². The maximum atomic E-state index is 10.5. The van der Waals surface area contributed by atoms with Crippen LogP contribution in [0.1, 0.15) is 22.1 Å². The molecule has 0 spiro atoms. The average Bonchev–Trinajstić information content (AvgIpc) is 2.16. The van der Waals surface area contributed by atoms with Gasteiger partial charge in [0.25, 0.3) is 0 Å². The van der Waals surface area contributed by atoms with Crippen molar-refractivity contribution in [3.63, 3.8) is 0 Å². The highest BCUT2D eigenvalue weighted by atomic mass is 16.4. The van der Waals surface area contributed by atoms with Crippen molar-refractivity contribution in [2.45, 2.75) is 6.04 Å². The summed E-state index contributed by atoms with van der Waals surface area (Å²) in [6.45, 7) is 0. The summed E-state index contributed by atoms with van der Waals surface area (Å²) in [6.07, 6.45) is 1.21. The van der Waals surface area contributed by atoms with Gasteiger partial charge in [-0.2, -0.15) is 0 Å². The Bertz CT molecular complexity index is 377. The van der Waals surface area contributed by atoms with Crippen LogP contribution >= 0.6 is 0 Å². The van der Waals surface area contributed by atoms with Crippen molar-refractivity contribution in [1.82, 2.24) is 4.98 Å². The Morgan fingerprint density at radius 2 is 2.07 bits per heavy atom. The highest BCUT2D eigenvalue weighted by Gasteiger charge is 2.16. The van der Waals surface area contributed by atoms with Gasteiger partial charge in [-0.1, -0.05) is 0 Å². The number of carboxylic acids is 2. The topological polar surface area (TPSA) is 114 Å². The van der Waals surface area contributed by atoms with Crippen LogP contribution in [0.4, 0.5) is 0 Å². The van der Waals surface area contributed by atoms with E-state index in [0.717, 1.165) is 6.07 Å². The molecule has 0 saturated carbocycles. The summed E-state index contributed by atoms with van der Waals surface area (Å²) in [6, 6.07) is 1.28. The van der Waals surface area contributed by atoms with E-state index in [1.165, 1.54) is 12.3 Å². The summed E-state index contributed by atoms with van der Waals surface area (Å²) >= 11 is 0. The van der Waals surface area contributed by atoms with Crippen LogP contribution in [-0.2, 0) is 4.79 Å². The van der Waals surface area contributed by atoms with Gasteiger partial charge in [0.15, 0.2) is 0 Å². The third kappa shape index (κ3) is 2.05. The third-order valence-electron chi connectivity index (χ3n) is 1.63. The Kier molecular flexibility index (Phi) is 2.78. The van der Waals surface area contributed by atoms with E-state index >= 15 is 0 Å². The minimum Gasteiger partial charge on any atom is -0.480 e. The molecule has 0 aliphatic rings. The molecule has 0 fully saturated rings. The maximum absolute atomic E-state index is 10.5. The number of nitrogens with zero attached hydrogens (tertiary/aromatic N) is 1. The number of aliphatic carboxylic acids is 1. The number of aromatic nitrogens is 1. The first-order valence-corrected chi connectivity index (χ1v) is 3.70. The summed E-state index contributed by atoms with van der Waals surface area (Å²) in [4.78, 5) is 24.5. The van der Waals surface area contributed by atoms with Crippen LogP contribution < -0.4 is 5.73 Å². The van der Waals surface area contributed by atoms with E-state index in [0.29, 0.717) is 0 Å². The molecule has 0 aliphatic heterocycles. The van der Waals surface area contributed by atoms with Crippen LogP contribution in [0.2, 0.25) is 0 Å². The molecule has 4 N–H and O–H groups in total. The number of hydrogen-bond acceptors (Lipinski definition) is 4. The summed E-state index contributed by atoms with van der Waals surface area (Å²) in [7, 11) is 0. The molecule has 1 aromatic heterocycles. The lowest BCUT2D eigenvalue weighted by Gasteiger charge is -2.06. The summed E-state index contributed by atoms with van der Waals surface area (Å²) in [5.74, 6) is -2.43. The fraction of sp³-hybridized carbons (Fsp3) is 0.125. The van der Waals surface area contributed by atoms with Crippen molar-refractivity contribution in [2.24, 2.45) is 5.73 Å². The van der Waals surface area contributed by atoms with Gasteiger partial charge >= 0.3 is 11.9 Å². The zero-order valence-electron chi connectivity index (χ0n) is 7.04. The SMILES string of the molecule is NC(C(=O)O)c1ccnc(C(=O)O)c1. The number of carboxylic acid groups (broad SMARTS) is 2. The third-order valence-corrected chi connectivity index (χ3v) is 1.63. The number of aromatic carboxylic acids is 1. The number of rotatable bonds is 3. The molecule has 14 heavy (non-hydrogen) atoms. The van der Waals surface area contributed by atoms with E-state index < -0.39 is 18.0 Å². The monoisotopic (exact) mass is 196 g/mol. The van der Waals surface area contributed by atoms with E-state index in [2.05, 4.69) is 4.98 Å². The van der Waals surface area contributed by atoms with E-state index in [4.69, 9.17) is 15.9 Å². The Morgan fingerprint density at radius 3 is 2.57 bits per heavy atom. The van der Waals surface area contributed by atoms with E-state index in [-0.39, 0.29) is 11.3 Å². The predicted molar refractivity (Wildman–Crippen MR) is 45.8 cm³/mol. The number of nitrogens with two attached hydrogens (primary N) is 1. The van der Waals surface area contributed by atoms with E-state index in [1.807, 2.05) is 0 Å². The fourth-order valence-corrected chi connectivity index (χ4v) is 0.900. The van der Waals surface area contributed by atoms with Crippen molar-refractivity contribution in [3.8, 4) is 0 Å². The smallest absolute Gasteiger partial charge is 0.354 e. The minimum absolute atomic E-state index is 0.213. The molecule has 74 valence electrons. The lowest BCUT2D eigenvalue weighted by molar-refractivity contribution is -0.138. The normalized spacial score (nSPS) is 12.1. The molecule has 1 aromatic rings. The Labute approximate surface area is 79.0 Å². The highest BCUT2D eigenvalue weighted by Crippen LogP contribution is 2.10. The van der Waals surface area contributed by atoms with Gasteiger partial charge in [-0.15, -0.1) is 0 Å². The van der Waals surface area contributed by atoms with Gasteiger partial charge in [-0.3, -0.25) is 4.79 Å². The Hall–Kier alpha value is -1.95. The van der Waals surface area contributed by atoms with Gasteiger partial charge in [0.1, 0.15) is 11.7 Å². The van der Waals surface area contributed by atoms with Gasteiger partial charge in [-0.05, 0) is 17.7 Å². The molecule has 1 unspecified atom stereocenters.